The first-order valence-corrected chi connectivity index (χ1v) is 17.7. The number of pyridine rings is 1. The molecule has 0 spiro atoms. The van der Waals surface area contributed by atoms with Gasteiger partial charge in [-0.05, 0) is 82.9 Å². The highest BCUT2D eigenvalue weighted by Crippen LogP contribution is 2.44. The van der Waals surface area contributed by atoms with Gasteiger partial charge in [-0.3, -0.25) is 0 Å². The van der Waals surface area contributed by atoms with E-state index >= 15 is 0 Å². The highest BCUT2D eigenvalue weighted by Gasteiger charge is 2.23. The van der Waals surface area contributed by atoms with Gasteiger partial charge in [-0.2, -0.15) is 21.0 Å². The Balaban J connectivity index is 1.43. The van der Waals surface area contributed by atoms with Crippen molar-refractivity contribution in [1.29, 1.82) is 21.0 Å². The van der Waals surface area contributed by atoms with Crippen LogP contribution in [0.25, 0.3) is 88.7 Å². The Morgan fingerprint density at radius 1 is 0.339 bits per heavy atom. The normalized spacial score (nSPS) is 10.8. The highest BCUT2D eigenvalue weighted by molar-refractivity contribution is 6.25. The molecule has 256 valence electrons. The SMILES string of the molecule is N#Cc1ccc(-c2nc3cc(-c4ccccc4)c4c5ccccc5nc(-c5cccc(-c6cc(C#N)cc(C#N)c6)c5)c4c3nc2-c2ccc(C#N)cc2)cc1. The molecule has 7 heteroatoms. The Bertz CT molecular complexity index is 3180. The molecule has 0 fully saturated rings. The number of nitrogens with zero attached hydrogens (tertiary/aromatic N) is 7. The van der Waals surface area contributed by atoms with E-state index in [9.17, 15) is 21.0 Å². The number of hydrogen-bond acceptors (Lipinski definition) is 7. The minimum atomic E-state index is 0.404. The molecule has 0 unspecified atom stereocenters. The molecule has 56 heavy (non-hydrogen) atoms. The van der Waals surface area contributed by atoms with Crippen molar-refractivity contribution in [3.05, 3.63) is 174 Å². The second-order valence-electron chi connectivity index (χ2n) is 13.3. The van der Waals surface area contributed by atoms with E-state index in [0.717, 1.165) is 60.6 Å². The van der Waals surface area contributed by atoms with Crippen LogP contribution in [0.5, 0.6) is 0 Å². The minimum Gasteiger partial charge on any atom is -0.247 e. The second-order valence-corrected chi connectivity index (χ2v) is 13.3. The van der Waals surface area contributed by atoms with Gasteiger partial charge in [-0.1, -0.05) is 91.0 Å². The lowest BCUT2D eigenvalue weighted by Gasteiger charge is -2.18. The average molecular weight is 712 g/mol. The van der Waals surface area contributed by atoms with Crippen molar-refractivity contribution in [3.63, 3.8) is 0 Å². The fourth-order valence-electron chi connectivity index (χ4n) is 7.30. The zero-order valence-electron chi connectivity index (χ0n) is 29.6. The van der Waals surface area contributed by atoms with E-state index in [-0.39, 0.29) is 0 Å². The molecule has 0 saturated heterocycles. The topological polar surface area (TPSA) is 134 Å². The van der Waals surface area contributed by atoms with Crippen molar-refractivity contribution in [1.82, 2.24) is 15.0 Å². The zero-order chi connectivity index (χ0) is 38.2. The molecule has 9 aromatic rings. The van der Waals surface area contributed by atoms with E-state index in [1.165, 1.54) is 0 Å². The Morgan fingerprint density at radius 3 is 1.54 bits per heavy atom. The molecular weight excluding hydrogens is 687 g/mol. The van der Waals surface area contributed by atoms with Crippen LogP contribution in [0.1, 0.15) is 22.3 Å². The molecule has 0 saturated carbocycles. The molecule has 2 heterocycles. The maximum absolute atomic E-state index is 9.74. The van der Waals surface area contributed by atoms with Gasteiger partial charge in [0.05, 0.1) is 80.2 Å². The number of fused-ring (bicyclic) bond motifs is 5. The third-order valence-corrected chi connectivity index (χ3v) is 9.92. The van der Waals surface area contributed by atoms with Gasteiger partial charge < -0.3 is 0 Å². The fraction of sp³-hybridized carbons (Fsp3) is 0. The van der Waals surface area contributed by atoms with Gasteiger partial charge in [0, 0.05) is 32.8 Å². The lowest BCUT2D eigenvalue weighted by atomic mass is 9.90. The number of para-hydroxylation sites is 1. The third-order valence-electron chi connectivity index (χ3n) is 9.92. The number of aromatic nitrogens is 3. The summed E-state index contributed by atoms with van der Waals surface area (Å²) in [5.74, 6) is 0. The minimum absolute atomic E-state index is 0.404. The standard InChI is InChI=1S/C49H25N7/c50-26-30-13-17-35(18-14-30)47-48(36-19-15-31(27-51)16-20-36)56-49-43(55-47)25-41(34-7-2-1-3-8-34)44-40-11-4-5-12-42(40)54-46(45(44)49)38-10-6-9-37(24-38)39-22-32(28-52)21-33(23-39)29-53/h1-25H. The van der Waals surface area contributed by atoms with Gasteiger partial charge in [0.1, 0.15) is 0 Å². The molecule has 9 rings (SSSR count). The number of benzene rings is 7. The molecule has 7 aromatic carbocycles. The lowest BCUT2D eigenvalue weighted by molar-refractivity contribution is 1.29. The van der Waals surface area contributed by atoms with E-state index < -0.39 is 0 Å². The quantitative estimate of drug-likeness (QED) is 0.162. The summed E-state index contributed by atoms with van der Waals surface area (Å²) in [6.45, 7) is 0. The monoisotopic (exact) mass is 711 g/mol. The van der Waals surface area contributed by atoms with E-state index in [0.29, 0.717) is 50.4 Å². The van der Waals surface area contributed by atoms with E-state index in [2.05, 4.69) is 48.5 Å². The molecule has 2 aromatic heterocycles. The van der Waals surface area contributed by atoms with Crippen LogP contribution in [0, 0.1) is 45.3 Å². The van der Waals surface area contributed by atoms with Gasteiger partial charge in [-0.15, -0.1) is 0 Å². The Hall–Kier alpha value is -8.49. The first-order valence-electron chi connectivity index (χ1n) is 17.7. The molecule has 0 N–H and O–H groups in total. The van der Waals surface area contributed by atoms with Crippen LogP contribution < -0.4 is 0 Å². The zero-order valence-corrected chi connectivity index (χ0v) is 29.6. The summed E-state index contributed by atoms with van der Waals surface area (Å²) in [4.78, 5) is 16.2. The number of nitriles is 4. The molecule has 0 aliphatic rings. The highest BCUT2D eigenvalue weighted by atomic mass is 14.8. The van der Waals surface area contributed by atoms with Gasteiger partial charge in [0.2, 0.25) is 0 Å². The predicted molar refractivity (Wildman–Crippen MR) is 218 cm³/mol. The summed E-state index contributed by atoms with van der Waals surface area (Å²) < 4.78 is 0. The van der Waals surface area contributed by atoms with Crippen LogP contribution in [0.4, 0.5) is 0 Å². The molecular formula is C49H25N7. The van der Waals surface area contributed by atoms with Gasteiger partial charge in [0.25, 0.3) is 0 Å². The van der Waals surface area contributed by atoms with E-state index in [4.69, 9.17) is 15.0 Å². The van der Waals surface area contributed by atoms with Crippen molar-refractivity contribution < 1.29 is 0 Å². The first-order chi connectivity index (χ1) is 27.5. The predicted octanol–water partition coefficient (Wildman–Crippen LogP) is 11.2. The molecule has 0 aliphatic heterocycles. The van der Waals surface area contributed by atoms with Crippen molar-refractivity contribution in [2.45, 2.75) is 0 Å². The Labute approximate surface area is 321 Å². The molecule has 0 atom stereocenters. The summed E-state index contributed by atoms with van der Waals surface area (Å²) in [5, 5.41) is 41.4. The second kappa shape index (κ2) is 13.8. The molecule has 7 nitrogen and oxygen atoms in total. The Morgan fingerprint density at radius 2 is 0.893 bits per heavy atom. The fourth-order valence-corrected chi connectivity index (χ4v) is 7.30. The van der Waals surface area contributed by atoms with Crippen LogP contribution in [0.3, 0.4) is 0 Å². The summed E-state index contributed by atoms with van der Waals surface area (Å²) >= 11 is 0. The van der Waals surface area contributed by atoms with Crippen LogP contribution in [-0.4, -0.2) is 15.0 Å². The lowest BCUT2D eigenvalue weighted by Crippen LogP contribution is -2.00. The maximum atomic E-state index is 9.74. The average Bonchev–Trinajstić information content (AvgIpc) is 3.28. The van der Waals surface area contributed by atoms with Crippen LogP contribution in [0.15, 0.2) is 152 Å². The molecule has 0 radical (unpaired) electrons. The number of rotatable bonds is 5. The smallest absolute Gasteiger partial charge is 0.0995 e. The largest absolute Gasteiger partial charge is 0.247 e. The van der Waals surface area contributed by atoms with Crippen LogP contribution in [-0.2, 0) is 0 Å². The van der Waals surface area contributed by atoms with Crippen molar-refractivity contribution in [2.75, 3.05) is 0 Å². The summed E-state index contributed by atoms with van der Waals surface area (Å²) in [6, 6.07) is 56.9. The van der Waals surface area contributed by atoms with Crippen molar-refractivity contribution in [2.24, 2.45) is 0 Å². The number of hydrogen-bond donors (Lipinski definition) is 0. The van der Waals surface area contributed by atoms with Crippen LogP contribution in [0.2, 0.25) is 0 Å². The first kappa shape index (κ1) is 33.4. The Kier molecular flexibility index (Phi) is 8.23. The van der Waals surface area contributed by atoms with Crippen LogP contribution >= 0.6 is 0 Å². The summed E-state index contributed by atoms with van der Waals surface area (Å²) in [7, 11) is 0. The van der Waals surface area contributed by atoms with E-state index in [1.54, 1.807) is 42.5 Å². The summed E-state index contributed by atoms with van der Waals surface area (Å²) in [6.07, 6.45) is 0. The third kappa shape index (κ3) is 5.82. The van der Waals surface area contributed by atoms with Gasteiger partial charge in [0.15, 0.2) is 0 Å². The molecule has 0 bridgehead atoms. The van der Waals surface area contributed by atoms with Crippen molar-refractivity contribution in [3.8, 4) is 80.3 Å². The van der Waals surface area contributed by atoms with Gasteiger partial charge in [-0.25, -0.2) is 15.0 Å². The summed E-state index contributed by atoms with van der Waals surface area (Å²) in [5.41, 5.74) is 11.9. The molecule has 0 amide bonds. The van der Waals surface area contributed by atoms with E-state index in [1.807, 2.05) is 84.9 Å². The molecule has 0 aliphatic carbocycles. The maximum Gasteiger partial charge on any atom is 0.0995 e. The van der Waals surface area contributed by atoms with Crippen molar-refractivity contribution >= 4 is 32.7 Å². The van der Waals surface area contributed by atoms with Gasteiger partial charge >= 0.3 is 0 Å².